The van der Waals surface area contributed by atoms with Crippen molar-refractivity contribution in [2.24, 2.45) is 5.92 Å². The molecule has 1 N–H and O–H groups in total. The summed E-state index contributed by atoms with van der Waals surface area (Å²) >= 11 is 5.32. The Morgan fingerprint density at radius 2 is 2.31 bits per heavy atom. The van der Waals surface area contributed by atoms with E-state index in [2.05, 4.69) is 33.4 Å². The zero-order valence-electron chi connectivity index (χ0n) is 9.70. The minimum atomic E-state index is 0.367. The number of likely N-dealkylation sites (N-methyl/N-ethyl adjacent to an activating group) is 1. The van der Waals surface area contributed by atoms with Crippen LogP contribution in [0.5, 0.6) is 0 Å². The van der Waals surface area contributed by atoms with Crippen molar-refractivity contribution in [2.45, 2.75) is 31.4 Å². The molecule has 16 heavy (non-hydrogen) atoms. The number of thiophene rings is 1. The molecule has 90 valence electrons. The maximum absolute atomic E-state index is 5.64. The Balaban J connectivity index is 1.98. The molecule has 4 heteroatoms. The highest BCUT2D eigenvalue weighted by molar-refractivity contribution is 9.11. The Labute approximate surface area is 110 Å². The first kappa shape index (κ1) is 12.6. The molecule has 0 radical (unpaired) electrons. The molecule has 0 amide bonds. The van der Waals surface area contributed by atoms with E-state index in [4.69, 9.17) is 4.74 Å². The van der Waals surface area contributed by atoms with Gasteiger partial charge in [0.2, 0.25) is 0 Å². The molecular formula is C12H18BrNOS. The van der Waals surface area contributed by atoms with Gasteiger partial charge in [0.15, 0.2) is 0 Å². The summed E-state index contributed by atoms with van der Waals surface area (Å²) in [5, 5.41) is 3.40. The van der Waals surface area contributed by atoms with E-state index in [0.717, 1.165) is 12.3 Å². The van der Waals surface area contributed by atoms with E-state index < -0.39 is 0 Å². The summed E-state index contributed by atoms with van der Waals surface area (Å²) in [6.45, 7) is 0. The third-order valence-electron chi connectivity index (χ3n) is 3.18. The Morgan fingerprint density at radius 3 is 2.75 bits per heavy atom. The lowest BCUT2D eigenvalue weighted by atomic mass is 10.0. The van der Waals surface area contributed by atoms with Crippen LogP contribution < -0.4 is 5.32 Å². The topological polar surface area (TPSA) is 21.3 Å². The van der Waals surface area contributed by atoms with Gasteiger partial charge >= 0.3 is 0 Å². The minimum Gasteiger partial charge on any atom is -0.380 e. The smallest absolute Gasteiger partial charge is 0.0755 e. The van der Waals surface area contributed by atoms with E-state index in [0.29, 0.717) is 12.1 Å². The zero-order valence-corrected chi connectivity index (χ0v) is 12.1. The predicted molar refractivity (Wildman–Crippen MR) is 72.1 cm³/mol. The number of hydrogen-bond donors (Lipinski definition) is 1. The molecule has 2 rings (SSSR count). The van der Waals surface area contributed by atoms with Gasteiger partial charge in [0.25, 0.3) is 0 Å². The van der Waals surface area contributed by atoms with Crippen molar-refractivity contribution in [1.29, 1.82) is 0 Å². The fourth-order valence-electron chi connectivity index (χ4n) is 2.17. The number of ether oxygens (including phenoxy) is 1. The normalized spacial score (nSPS) is 19.7. The summed E-state index contributed by atoms with van der Waals surface area (Å²) in [5.41, 5.74) is 0. The summed E-state index contributed by atoms with van der Waals surface area (Å²) in [7, 11) is 3.86. The van der Waals surface area contributed by atoms with Gasteiger partial charge in [-0.25, -0.2) is 0 Å². The number of methoxy groups -OCH3 is 1. The van der Waals surface area contributed by atoms with Crippen LogP contribution in [-0.2, 0) is 11.2 Å². The van der Waals surface area contributed by atoms with Crippen molar-refractivity contribution in [2.75, 3.05) is 14.2 Å². The average Bonchev–Trinajstić information content (AvgIpc) is 3.02. The lowest BCUT2D eigenvalue weighted by molar-refractivity contribution is 0.0536. The molecule has 2 unspecified atom stereocenters. The summed E-state index contributed by atoms with van der Waals surface area (Å²) < 4.78 is 6.84. The molecule has 0 aliphatic heterocycles. The highest BCUT2D eigenvalue weighted by Gasteiger charge is 2.36. The standard InChI is InChI=1S/C12H18BrNOS/c1-14-10(12(15-2)8-3-4-8)7-9-5-6-11(13)16-9/h5-6,8,10,12,14H,3-4,7H2,1-2H3. The molecule has 0 spiro atoms. The third-order valence-corrected chi connectivity index (χ3v) is 4.82. The molecule has 1 aliphatic carbocycles. The first-order valence-electron chi connectivity index (χ1n) is 5.69. The van der Waals surface area contributed by atoms with Crippen LogP contribution in [0.1, 0.15) is 17.7 Å². The lowest BCUT2D eigenvalue weighted by Gasteiger charge is -2.25. The van der Waals surface area contributed by atoms with Crippen molar-refractivity contribution in [3.05, 3.63) is 20.8 Å². The first-order chi connectivity index (χ1) is 7.74. The van der Waals surface area contributed by atoms with Gasteiger partial charge in [0, 0.05) is 18.0 Å². The number of rotatable bonds is 6. The van der Waals surface area contributed by atoms with Crippen molar-refractivity contribution >= 4 is 27.3 Å². The fraction of sp³-hybridized carbons (Fsp3) is 0.667. The van der Waals surface area contributed by atoms with E-state index >= 15 is 0 Å². The Kier molecular flexibility index (Phi) is 4.41. The number of hydrogen-bond acceptors (Lipinski definition) is 3. The van der Waals surface area contributed by atoms with E-state index in [1.807, 2.05) is 25.5 Å². The van der Waals surface area contributed by atoms with Crippen LogP contribution in [0.3, 0.4) is 0 Å². The lowest BCUT2D eigenvalue weighted by Crippen LogP contribution is -2.41. The van der Waals surface area contributed by atoms with Crippen LogP contribution in [0.15, 0.2) is 15.9 Å². The van der Waals surface area contributed by atoms with Gasteiger partial charge in [-0.2, -0.15) is 0 Å². The summed E-state index contributed by atoms with van der Waals surface area (Å²) in [4.78, 5) is 1.41. The van der Waals surface area contributed by atoms with E-state index in [1.54, 1.807) is 0 Å². The summed E-state index contributed by atoms with van der Waals surface area (Å²) in [6.07, 6.45) is 4.07. The minimum absolute atomic E-state index is 0.367. The molecule has 2 nitrogen and oxygen atoms in total. The van der Waals surface area contributed by atoms with Crippen molar-refractivity contribution < 1.29 is 4.74 Å². The Morgan fingerprint density at radius 1 is 1.56 bits per heavy atom. The highest BCUT2D eigenvalue weighted by Crippen LogP contribution is 2.36. The average molecular weight is 304 g/mol. The monoisotopic (exact) mass is 303 g/mol. The van der Waals surface area contributed by atoms with Gasteiger partial charge in [-0.1, -0.05) is 0 Å². The third kappa shape index (κ3) is 3.06. The molecule has 1 aliphatic rings. The maximum Gasteiger partial charge on any atom is 0.0755 e. The van der Waals surface area contributed by atoms with Crippen LogP contribution in [0.25, 0.3) is 0 Å². The fourth-order valence-corrected chi connectivity index (χ4v) is 3.71. The highest BCUT2D eigenvalue weighted by atomic mass is 79.9. The van der Waals surface area contributed by atoms with Crippen LogP contribution in [-0.4, -0.2) is 26.3 Å². The molecule has 1 aromatic heterocycles. The summed E-state index contributed by atoms with van der Waals surface area (Å²) in [5.74, 6) is 0.769. The van der Waals surface area contributed by atoms with Crippen LogP contribution in [0.4, 0.5) is 0 Å². The molecule has 0 aromatic carbocycles. The molecule has 1 fully saturated rings. The van der Waals surface area contributed by atoms with Crippen LogP contribution in [0.2, 0.25) is 0 Å². The first-order valence-corrected chi connectivity index (χ1v) is 7.29. The largest absolute Gasteiger partial charge is 0.380 e. The van der Waals surface area contributed by atoms with Gasteiger partial charge in [-0.15, -0.1) is 11.3 Å². The van der Waals surface area contributed by atoms with Crippen LogP contribution >= 0.6 is 27.3 Å². The molecule has 2 atom stereocenters. The van der Waals surface area contributed by atoms with Gasteiger partial charge in [0.05, 0.1) is 9.89 Å². The second kappa shape index (κ2) is 5.63. The van der Waals surface area contributed by atoms with Crippen LogP contribution in [0, 0.1) is 5.92 Å². The van der Waals surface area contributed by atoms with E-state index in [1.165, 1.54) is 21.5 Å². The second-order valence-electron chi connectivity index (χ2n) is 4.34. The molecule has 0 bridgehead atoms. The van der Waals surface area contributed by atoms with E-state index in [-0.39, 0.29) is 0 Å². The molecule has 1 aromatic rings. The van der Waals surface area contributed by atoms with Gasteiger partial charge in [-0.05, 0) is 60.3 Å². The second-order valence-corrected chi connectivity index (χ2v) is 6.89. The zero-order chi connectivity index (χ0) is 11.5. The van der Waals surface area contributed by atoms with E-state index in [9.17, 15) is 0 Å². The molecule has 0 saturated heterocycles. The quantitative estimate of drug-likeness (QED) is 0.872. The summed E-state index contributed by atoms with van der Waals surface area (Å²) in [6, 6.07) is 4.74. The maximum atomic E-state index is 5.64. The Bertz CT molecular complexity index is 338. The number of halogens is 1. The SMILES string of the molecule is CNC(Cc1ccc(Br)s1)C(OC)C1CC1. The Hall–Kier alpha value is 0.1000. The molecule has 1 heterocycles. The van der Waals surface area contributed by atoms with Gasteiger partial charge in [-0.3, -0.25) is 0 Å². The van der Waals surface area contributed by atoms with Crippen molar-refractivity contribution in [1.82, 2.24) is 5.32 Å². The predicted octanol–water partition coefficient (Wildman–Crippen LogP) is 3.07. The number of nitrogens with one attached hydrogen (secondary N) is 1. The van der Waals surface area contributed by atoms with Gasteiger partial charge in [0.1, 0.15) is 0 Å². The van der Waals surface area contributed by atoms with Crippen molar-refractivity contribution in [3.63, 3.8) is 0 Å². The van der Waals surface area contributed by atoms with Crippen molar-refractivity contribution in [3.8, 4) is 0 Å². The molecular weight excluding hydrogens is 286 g/mol. The molecule has 1 saturated carbocycles. The van der Waals surface area contributed by atoms with Gasteiger partial charge < -0.3 is 10.1 Å².